The molecule has 270 valence electrons. The lowest BCUT2D eigenvalue weighted by Crippen LogP contribution is -2.56. The van der Waals surface area contributed by atoms with Gasteiger partial charge in [-0.25, -0.2) is 9.59 Å². The maximum atomic E-state index is 14.7. The Morgan fingerprint density at radius 1 is 0.816 bits per heavy atom. The molecule has 2 aromatic rings. The normalized spacial score (nSPS) is 13.4. The van der Waals surface area contributed by atoms with Crippen molar-refractivity contribution in [1.29, 1.82) is 0 Å². The van der Waals surface area contributed by atoms with Gasteiger partial charge in [-0.15, -0.1) is 0 Å². The average Bonchev–Trinajstić information content (AvgIpc) is 2.97. The van der Waals surface area contributed by atoms with E-state index in [0.717, 1.165) is 36.0 Å². The van der Waals surface area contributed by atoms with Crippen molar-refractivity contribution in [2.75, 3.05) is 6.54 Å². The summed E-state index contributed by atoms with van der Waals surface area (Å²) >= 11 is 0. The van der Waals surface area contributed by atoms with E-state index >= 15 is 0 Å². The number of carbonyl (C=O) groups is 5. The van der Waals surface area contributed by atoms with Gasteiger partial charge >= 0.3 is 12.1 Å². The van der Waals surface area contributed by atoms with Crippen molar-refractivity contribution < 1.29 is 33.4 Å². The second-order valence-corrected chi connectivity index (χ2v) is 14.5. The molecule has 0 spiro atoms. The molecule has 0 fully saturated rings. The zero-order valence-corrected chi connectivity index (χ0v) is 30.7. The minimum atomic E-state index is -1.41. The number of unbranched alkanes of at least 4 members (excludes halogenated alkanes) is 3. The number of rotatable bonds is 16. The highest BCUT2D eigenvalue weighted by atomic mass is 16.6. The summed E-state index contributed by atoms with van der Waals surface area (Å²) in [5, 5.41) is 5.43. The minimum Gasteiger partial charge on any atom is -0.458 e. The molecule has 4 N–H and O–H groups in total. The fraction of sp³-hybridized carbons (Fsp3) is 0.553. The van der Waals surface area contributed by atoms with E-state index in [1.165, 1.54) is 4.90 Å². The first-order chi connectivity index (χ1) is 22.8. The van der Waals surface area contributed by atoms with Crippen LogP contribution in [0, 0.1) is 13.8 Å². The number of esters is 1. The van der Waals surface area contributed by atoms with Gasteiger partial charge in [-0.2, -0.15) is 0 Å². The van der Waals surface area contributed by atoms with E-state index in [-0.39, 0.29) is 13.0 Å². The van der Waals surface area contributed by atoms with Gasteiger partial charge in [0.05, 0.1) is 6.42 Å². The van der Waals surface area contributed by atoms with Crippen LogP contribution in [-0.4, -0.2) is 64.5 Å². The van der Waals surface area contributed by atoms with Crippen LogP contribution in [-0.2, 0) is 35.1 Å². The first-order valence-electron chi connectivity index (χ1n) is 17.0. The highest BCUT2D eigenvalue weighted by molar-refractivity contribution is 5.96. The highest BCUT2D eigenvalue weighted by Gasteiger charge is 2.39. The van der Waals surface area contributed by atoms with E-state index in [0.29, 0.717) is 12.0 Å². The van der Waals surface area contributed by atoms with Crippen LogP contribution in [0.3, 0.4) is 0 Å². The molecule has 4 amide bonds. The lowest BCUT2D eigenvalue weighted by molar-refractivity contribution is -0.159. The topological polar surface area (TPSA) is 157 Å². The van der Waals surface area contributed by atoms with E-state index in [4.69, 9.17) is 15.2 Å². The van der Waals surface area contributed by atoms with Crippen molar-refractivity contribution in [3.05, 3.63) is 70.8 Å². The summed E-state index contributed by atoms with van der Waals surface area (Å²) in [6, 6.07) is 11.1. The van der Waals surface area contributed by atoms with Gasteiger partial charge in [0.25, 0.3) is 0 Å². The van der Waals surface area contributed by atoms with E-state index in [1.807, 2.05) is 62.4 Å². The zero-order chi connectivity index (χ0) is 36.9. The van der Waals surface area contributed by atoms with E-state index in [9.17, 15) is 24.0 Å². The Kier molecular flexibility index (Phi) is 15.3. The summed E-state index contributed by atoms with van der Waals surface area (Å²) in [7, 11) is 0. The number of carbonyl (C=O) groups excluding carboxylic acids is 5. The van der Waals surface area contributed by atoms with Gasteiger partial charge in [0.2, 0.25) is 17.7 Å². The van der Waals surface area contributed by atoms with Crippen LogP contribution in [0.4, 0.5) is 4.79 Å². The quantitative estimate of drug-likeness (QED) is 0.154. The number of benzene rings is 2. The van der Waals surface area contributed by atoms with Crippen molar-refractivity contribution in [2.45, 2.75) is 130 Å². The van der Waals surface area contributed by atoms with Gasteiger partial charge in [-0.05, 0) is 78.5 Å². The fourth-order valence-corrected chi connectivity index (χ4v) is 5.30. The lowest BCUT2D eigenvalue weighted by atomic mass is 9.95. The summed E-state index contributed by atoms with van der Waals surface area (Å²) in [4.78, 5) is 69.2. The Morgan fingerprint density at radius 3 is 2.02 bits per heavy atom. The van der Waals surface area contributed by atoms with Gasteiger partial charge in [0, 0.05) is 13.0 Å². The summed E-state index contributed by atoms with van der Waals surface area (Å²) in [5.74, 6) is -2.73. The molecular formula is C38H56N4O7. The number of aryl methyl sites for hydroxylation is 2. The number of ether oxygens (including phenoxy) is 2. The number of amides is 4. The molecule has 0 bridgehead atoms. The van der Waals surface area contributed by atoms with Gasteiger partial charge in [0.1, 0.15) is 29.3 Å². The SMILES string of the molecule is CCCCCCN(C(=O)C(CC(N)=O)NC(=O)OC(C)(C)C)C(C(=O)NC(Cc1ccccc1)C(=O)OC(C)(C)C)c1cc(C)ccc1C. The van der Waals surface area contributed by atoms with Gasteiger partial charge in [-0.1, -0.05) is 80.3 Å². The summed E-state index contributed by atoms with van der Waals surface area (Å²) in [6.45, 7) is 16.2. The van der Waals surface area contributed by atoms with Crippen LogP contribution in [0.1, 0.15) is 109 Å². The van der Waals surface area contributed by atoms with Crippen LogP contribution in [0.15, 0.2) is 48.5 Å². The molecule has 0 aromatic heterocycles. The van der Waals surface area contributed by atoms with Gasteiger partial charge in [-0.3, -0.25) is 14.4 Å². The number of nitrogens with two attached hydrogens (primary N) is 1. The molecule has 0 heterocycles. The Hall–Kier alpha value is -4.41. The fourth-order valence-electron chi connectivity index (χ4n) is 5.30. The van der Waals surface area contributed by atoms with Crippen LogP contribution in [0.5, 0.6) is 0 Å². The largest absolute Gasteiger partial charge is 0.458 e. The average molecular weight is 681 g/mol. The van der Waals surface area contributed by atoms with Gasteiger partial charge in [0.15, 0.2) is 0 Å². The zero-order valence-electron chi connectivity index (χ0n) is 30.7. The number of primary amides is 1. The minimum absolute atomic E-state index is 0.130. The predicted molar refractivity (Wildman–Crippen MR) is 189 cm³/mol. The molecule has 0 aliphatic carbocycles. The lowest BCUT2D eigenvalue weighted by Gasteiger charge is -2.36. The van der Waals surface area contributed by atoms with Crippen LogP contribution in [0.25, 0.3) is 0 Å². The van der Waals surface area contributed by atoms with Gasteiger partial charge < -0.3 is 30.7 Å². The molecule has 11 nitrogen and oxygen atoms in total. The number of hydrogen-bond acceptors (Lipinski definition) is 7. The summed E-state index contributed by atoms with van der Waals surface area (Å²) in [6.07, 6.45) is 1.89. The Balaban J connectivity index is 2.70. The van der Waals surface area contributed by atoms with Crippen molar-refractivity contribution in [3.63, 3.8) is 0 Å². The Bertz CT molecular complexity index is 1430. The third-order valence-electron chi connectivity index (χ3n) is 7.51. The second-order valence-electron chi connectivity index (χ2n) is 14.5. The molecule has 0 aliphatic heterocycles. The third kappa shape index (κ3) is 14.3. The number of nitrogens with one attached hydrogen (secondary N) is 2. The third-order valence-corrected chi connectivity index (χ3v) is 7.51. The van der Waals surface area contributed by atoms with Crippen molar-refractivity contribution in [2.24, 2.45) is 5.73 Å². The summed E-state index contributed by atoms with van der Waals surface area (Å²) < 4.78 is 11.1. The monoisotopic (exact) mass is 680 g/mol. The summed E-state index contributed by atoms with van der Waals surface area (Å²) in [5.41, 5.74) is 6.79. The van der Waals surface area contributed by atoms with E-state index in [1.54, 1.807) is 41.5 Å². The van der Waals surface area contributed by atoms with Crippen LogP contribution < -0.4 is 16.4 Å². The number of hydrogen-bond donors (Lipinski definition) is 3. The van der Waals surface area contributed by atoms with E-state index in [2.05, 4.69) is 17.6 Å². The van der Waals surface area contributed by atoms with Crippen molar-refractivity contribution in [1.82, 2.24) is 15.5 Å². The Morgan fingerprint density at radius 2 is 1.45 bits per heavy atom. The number of alkyl carbamates (subject to hydrolysis) is 1. The molecule has 0 aliphatic rings. The van der Waals surface area contributed by atoms with Crippen LogP contribution in [0.2, 0.25) is 0 Å². The predicted octanol–water partition coefficient (Wildman–Crippen LogP) is 5.59. The Labute approximate surface area is 291 Å². The molecule has 0 saturated heterocycles. The van der Waals surface area contributed by atoms with E-state index < -0.39 is 65.5 Å². The standard InChI is InChI=1S/C38H56N4O7/c1-10-11-12-16-21-42(34(45)29(24-31(39)43)41-36(47)49-38(7,8)9)32(28-22-25(2)19-20-26(28)3)33(44)40-30(35(46)48-37(4,5)6)23-27-17-14-13-15-18-27/h13-15,17-20,22,29-30,32H,10-12,16,21,23-24H2,1-9H3,(H2,39,43)(H,40,44)(H,41,47). The molecule has 2 aromatic carbocycles. The first kappa shape index (κ1) is 40.8. The smallest absolute Gasteiger partial charge is 0.408 e. The number of nitrogens with zero attached hydrogens (tertiary/aromatic N) is 1. The highest BCUT2D eigenvalue weighted by Crippen LogP contribution is 2.28. The molecule has 3 atom stereocenters. The molecule has 3 unspecified atom stereocenters. The molecular weight excluding hydrogens is 624 g/mol. The molecule has 11 heteroatoms. The molecule has 0 radical (unpaired) electrons. The molecule has 49 heavy (non-hydrogen) atoms. The maximum absolute atomic E-state index is 14.7. The molecule has 2 rings (SSSR count). The first-order valence-corrected chi connectivity index (χ1v) is 17.0. The second kappa shape index (κ2) is 18.4. The van der Waals surface area contributed by atoms with Crippen molar-refractivity contribution >= 4 is 29.8 Å². The maximum Gasteiger partial charge on any atom is 0.408 e. The molecule has 0 saturated carbocycles. The van der Waals surface area contributed by atoms with Crippen molar-refractivity contribution in [3.8, 4) is 0 Å². The van der Waals surface area contributed by atoms with Crippen LogP contribution >= 0.6 is 0 Å².